The number of carbonyl (C=O) groups excluding carboxylic acids is 1. The average molecular weight is 367 g/mol. The number of benzene rings is 2. The second kappa shape index (κ2) is 10.5. The fourth-order valence-electron chi connectivity index (χ4n) is 2.48. The summed E-state index contributed by atoms with van der Waals surface area (Å²) in [4.78, 5) is 12.2. The molecule has 0 radical (unpaired) electrons. The van der Waals surface area contributed by atoms with Gasteiger partial charge in [-0.3, -0.25) is 4.79 Å². The minimum absolute atomic E-state index is 0.144. The van der Waals surface area contributed by atoms with Crippen LogP contribution in [0.2, 0.25) is 0 Å². The SMILES string of the molecule is CCCOc1ccc(/C=C/C(=O)NC(C)(C)COCc2ccccc2)cc1. The van der Waals surface area contributed by atoms with Gasteiger partial charge in [-0.05, 0) is 49.6 Å². The molecule has 2 aromatic carbocycles. The van der Waals surface area contributed by atoms with Gasteiger partial charge in [0.2, 0.25) is 5.91 Å². The van der Waals surface area contributed by atoms with Gasteiger partial charge in [0, 0.05) is 6.08 Å². The zero-order chi connectivity index (χ0) is 19.5. The molecule has 0 heterocycles. The van der Waals surface area contributed by atoms with Crippen molar-refractivity contribution in [1.82, 2.24) is 5.32 Å². The fourth-order valence-corrected chi connectivity index (χ4v) is 2.48. The first-order valence-electron chi connectivity index (χ1n) is 9.33. The van der Waals surface area contributed by atoms with Crippen molar-refractivity contribution < 1.29 is 14.3 Å². The van der Waals surface area contributed by atoms with Gasteiger partial charge in [-0.25, -0.2) is 0 Å². The molecule has 4 nitrogen and oxygen atoms in total. The first-order chi connectivity index (χ1) is 13.0. The van der Waals surface area contributed by atoms with Crippen molar-refractivity contribution in [2.75, 3.05) is 13.2 Å². The molecule has 144 valence electrons. The molecule has 2 rings (SSSR count). The molecule has 4 heteroatoms. The van der Waals surface area contributed by atoms with E-state index in [-0.39, 0.29) is 5.91 Å². The summed E-state index contributed by atoms with van der Waals surface area (Å²) >= 11 is 0. The van der Waals surface area contributed by atoms with Crippen LogP contribution < -0.4 is 10.1 Å². The minimum atomic E-state index is -0.450. The number of carbonyl (C=O) groups is 1. The van der Waals surface area contributed by atoms with Gasteiger partial charge < -0.3 is 14.8 Å². The van der Waals surface area contributed by atoms with Crippen LogP contribution in [0.3, 0.4) is 0 Å². The van der Waals surface area contributed by atoms with Crippen molar-refractivity contribution in [2.24, 2.45) is 0 Å². The van der Waals surface area contributed by atoms with Gasteiger partial charge in [-0.1, -0.05) is 49.4 Å². The van der Waals surface area contributed by atoms with Crippen LogP contribution in [0.1, 0.15) is 38.3 Å². The van der Waals surface area contributed by atoms with E-state index in [1.807, 2.05) is 68.4 Å². The molecule has 0 spiro atoms. The highest BCUT2D eigenvalue weighted by Gasteiger charge is 2.19. The van der Waals surface area contributed by atoms with Gasteiger partial charge in [0.05, 0.1) is 25.4 Å². The van der Waals surface area contributed by atoms with Crippen LogP contribution in [0.4, 0.5) is 0 Å². The van der Waals surface area contributed by atoms with Crippen LogP contribution >= 0.6 is 0 Å². The van der Waals surface area contributed by atoms with E-state index in [2.05, 4.69) is 12.2 Å². The van der Waals surface area contributed by atoms with Crippen molar-refractivity contribution in [2.45, 2.75) is 39.3 Å². The summed E-state index contributed by atoms with van der Waals surface area (Å²) in [5, 5.41) is 2.98. The average Bonchev–Trinajstić information content (AvgIpc) is 2.66. The Bertz CT molecular complexity index is 721. The third kappa shape index (κ3) is 8.09. The fraction of sp³-hybridized carbons (Fsp3) is 0.348. The third-order valence-electron chi connectivity index (χ3n) is 3.82. The van der Waals surface area contributed by atoms with Gasteiger partial charge in [-0.15, -0.1) is 0 Å². The molecule has 2 aromatic rings. The number of nitrogens with one attached hydrogen (secondary N) is 1. The Morgan fingerprint density at radius 1 is 1.07 bits per heavy atom. The molecule has 0 unspecified atom stereocenters. The lowest BCUT2D eigenvalue weighted by atomic mass is 10.1. The van der Waals surface area contributed by atoms with Crippen molar-refractivity contribution in [1.29, 1.82) is 0 Å². The predicted molar refractivity (Wildman–Crippen MR) is 110 cm³/mol. The van der Waals surface area contributed by atoms with Gasteiger partial charge in [-0.2, -0.15) is 0 Å². The van der Waals surface area contributed by atoms with Gasteiger partial charge in [0.25, 0.3) is 0 Å². The monoisotopic (exact) mass is 367 g/mol. The molecule has 0 atom stereocenters. The zero-order valence-electron chi connectivity index (χ0n) is 16.4. The van der Waals surface area contributed by atoms with Crippen LogP contribution in [0.25, 0.3) is 6.08 Å². The molecule has 0 aliphatic carbocycles. The Morgan fingerprint density at radius 3 is 2.44 bits per heavy atom. The maximum atomic E-state index is 12.2. The van der Waals surface area contributed by atoms with E-state index in [0.29, 0.717) is 19.8 Å². The van der Waals surface area contributed by atoms with Gasteiger partial charge in [0.1, 0.15) is 5.75 Å². The van der Waals surface area contributed by atoms with E-state index in [0.717, 1.165) is 23.3 Å². The zero-order valence-corrected chi connectivity index (χ0v) is 16.4. The number of hydrogen-bond acceptors (Lipinski definition) is 3. The quantitative estimate of drug-likeness (QED) is 0.624. The summed E-state index contributed by atoms with van der Waals surface area (Å²) in [7, 11) is 0. The first-order valence-corrected chi connectivity index (χ1v) is 9.33. The van der Waals surface area contributed by atoms with Crippen molar-refractivity contribution in [3.8, 4) is 5.75 Å². The number of hydrogen-bond donors (Lipinski definition) is 1. The molecule has 0 bridgehead atoms. The van der Waals surface area contributed by atoms with E-state index < -0.39 is 5.54 Å². The summed E-state index contributed by atoms with van der Waals surface area (Å²) in [6.45, 7) is 7.64. The van der Waals surface area contributed by atoms with E-state index in [9.17, 15) is 4.79 Å². The predicted octanol–water partition coefficient (Wildman–Crippen LogP) is 4.60. The van der Waals surface area contributed by atoms with Gasteiger partial charge >= 0.3 is 0 Å². The maximum absolute atomic E-state index is 12.2. The summed E-state index contributed by atoms with van der Waals surface area (Å²) in [5.41, 5.74) is 1.62. The number of rotatable bonds is 10. The first kappa shape index (κ1) is 20.7. The molecular weight excluding hydrogens is 338 g/mol. The van der Waals surface area contributed by atoms with Crippen molar-refractivity contribution >= 4 is 12.0 Å². The Labute approximate surface area is 162 Å². The highest BCUT2D eigenvalue weighted by molar-refractivity contribution is 5.92. The lowest BCUT2D eigenvalue weighted by Crippen LogP contribution is -2.46. The topological polar surface area (TPSA) is 47.6 Å². The van der Waals surface area contributed by atoms with E-state index >= 15 is 0 Å². The normalized spacial score (nSPS) is 11.5. The van der Waals surface area contributed by atoms with E-state index in [4.69, 9.17) is 9.47 Å². The Kier molecular flexibility index (Phi) is 8.08. The van der Waals surface area contributed by atoms with Crippen LogP contribution in [0, 0.1) is 0 Å². The molecule has 0 fully saturated rings. The molecule has 1 N–H and O–H groups in total. The lowest BCUT2D eigenvalue weighted by Gasteiger charge is -2.25. The summed E-state index contributed by atoms with van der Waals surface area (Å²) in [6, 6.07) is 17.7. The Hall–Kier alpha value is -2.59. The molecular formula is C23H29NO3. The smallest absolute Gasteiger partial charge is 0.244 e. The van der Waals surface area contributed by atoms with Crippen LogP contribution in [-0.4, -0.2) is 24.7 Å². The Balaban J connectivity index is 1.78. The summed E-state index contributed by atoms with van der Waals surface area (Å²) < 4.78 is 11.3. The van der Waals surface area contributed by atoms with Crippen LogP contribution in [0.5, 0.6) is 5.75 Å². The van der Waals surface area contributed by atoms with Crippen LogP contribution in [0.15, 0.2) is 60.7 Å². The highest BCUT2D eigenvalue weighted by atomic mass is 16.5. The highest BCUT2D eigenvalue weighted by Crippen LogP contribution is 2.13. The molecule has 0 aromatic heterocycles. The summed E-state index contributed by atoms with van der Waals surface area (Å²) in [6.07, 6.45) is 4.31. The minimum Gasteiger partial charge on any atom is -0.494 e. The molecule has 1 amide bonds. The maximum Gasteiger partial charge on any atom is 0.244 e. The van der Waals surface area contributed by atoms with E-state index in [1.165, 1.54) is 0 Å². The largest absolute Gasteiger partial charge is 0.494 e. The van der Waals surface area contributed by atoms with E-state index in [1.54, 1.807) is 12.2 Å². The van der Waals surface area contributed by atoms with Crippen molar-refractivity contribution in [3.63, 3.8) is 0 Å². The second-order valence-corrected chi connectivity index (χ2v) is 7.10. The van der Waals surface area contributed by atoms with Crippen molar-refractivity contribution in [3.05, 3.63) is 71.8 Å². The molecule has 0 saturated carbocycles. The number of ether oxygens (including phenoxy) is 2. The van der Waals surface area contributed by atoms with Gasteiger partial charge in [0.15, 0.2) is 0 Å². The lowest BCUT2D eigenvalue weighted by molar-refractivity contribution is -0.118. The number of amides is 1. The summed E-state index contributed by atoms with van der Waals surface area (Å²) in [5.74, 6) is 0.699. The molecule has 0 saturated heterocycles. The Morgan fingerprint density at radius 2 is 1.78 bits per heavy atom. The molecule has 0 aliphatic rings. The second-order valence-electron chi connectivity index (χ2n) is 7.10. The molecule has 0 aliphatic heterocycles. The standard InChI is InChI=1S/C23H29NO3/c1-4-16-27-21-13-10-19(11-14-21)12-15-22(25)24-23(2,3)18-26-17-20-8-6-5-7-9-20/h5-15H,4,16-18H2,1-3H3,(H,24,25)/b15-12+. The third-order valence-corrected chi connectivity index (χ3v) is 3.82. The van der Waals surface area contributed by atoms with Crippen LogP contribution in [-0.2, 0) is 16.1 Å². The molecule has 27 heavy (non-hydrogen) atoms.